The second-order valence-corrected chi connectivity index (χ2v) is 5.95. The van der Waals surface area contributed by atoms with E-state index in [2.05, 4.69) is 35.0 Å². The smallest absolute Gasteiger partial charge is 0.206 e. The third-order valence-corrected chi connectivity index (χ3v) is 4.72. The van der Waals surface area contributed by atoms with E-state index < -0.39 is 0 Å². The van der Waals surface area contributed by atoms with Crippen LogP contribution < -0.4 is 10.2 Å². The van der Waals surface area contributed by atoms with Gasteiger partial charge in [-0.3, -0.25) is 0 Å². The minimum absolute atomic E-state index is 0.624. The van der Waals surface area contributed by atoms with Crippen molar-refractivity contribution < 1.29 is 0 Å². The van der Waals surface area contributed by atoms with Crippen LogP contribution in [0.5, 0.6) is 0 Å². The normalized spacial score (nSPS) is 24.5. The Balaban J connectivity index is 1.84. The van der Waals surface area contributed by atoms with Gasteiger partial charge in [-0.1, -0.05) is 19.8 Å². The SMILES string of the molecule is CCc1cn(C2CCCC2)c(N2CCC(NC)C2)n1. The van der Waals surface area contributed by atoms with E-state index in [0.29, 0.717) is 12.1 Å². The second kappa shape index (κ2) is 5.53. The highest BCUT2D eigenvalue weighted by molar-refractivity contribution is 5.36. The average molecular weight is 262 g/mol. The molecule has 0 radical (unpaired) electrons. The number of aromatic nitrogens is 2. The van der Waals surface area contributed by atoms with E-state index in [1.54, 1.807) is 0 Å². The Morgan fingerprint density at radius 2 is 2.11 bits per heavy atom. The Bertz CT molecular complexity index is 420. The fraction of sp³-hybridized carbons (Fsp3) is 0.800. The molecule has 19 heavy (non-hydrogen) atoms. The monoisotopic (exact) mass is 262 g/mol. The molecular weight excluding hydrogens is 236 g/mol. The van der Waals surface area contributed by atoms with Gasteiger partial charge in [0.25, 0.3) is 0 Å². The molecule has 1 saturated carbocycles. The first kappa shape index (κ1) is 13.0. The van der Waals surface area contributed by atoms with Gasteiger partial charge in [-0.2, -0.15) is 0 Å². The lowest BCUT2D eigenvalue weighted by atomic mass is 10.2. The molecule has 1 aliphatic carbocycles. The molecule has 1 aromatic heterocycles. The van der Waals surface area contributed by atoms with Gasteiger partial charge in [-0.05, 0) is 32.7 Å². The van der Waals surface area contributed by atoms with Crippen LogP contribution in [0.4, 0.5) is 5.95 Å². The zero-order chi connectivity index (χ0) is 13.2. The summed E-state index contributed by atoms with van der Waals surface area (Å²) in [5.41, 5.74) is 1.25. The van der Waals surface area contributed by atoms with E-state index in [9.17, 15) is 0 Å². The molecule has 0 aromatic carbocycles. The molecule has 0 spiro atoms. The molecule has 1 N–H and O–H groups in total. The Hall–Kier alpha value is -1.03. The molecule has 106 valence electrons. The van der Waals surface area contributed by atoms with Gasteiger partial charge in [-0.25, -0.2) is 4.98 Å². The lowest BCUT2D eigenvalue weighted by Crippen LogP contribution is -2.31. The van der Waals surface area contributed by atoms with Crippen LogP contribution in [-0.4, -0.2) is 35.7 Å². The molecule has 1 aromatic rings. The van der Waals surface area contributed by atoms with E-state index in [4.69, 9.17) is 4.98 Å². The first-order valence-electron chi connectivity index (χ1n) is 7.81. The molecule has 2 heterocycles. The van der Waals surface area contributed by atoms with Gasteiger partial charge < -0.3 is 14.8 Å². The highest BCUT2D eigenvalue weighted by Gasteiger charge is 2.28. The highest BCUT2D eigenvalue weighted by Crippen LogP contribution is 2.34. The summed E-state index contributed by atoms with van der Waals surface area (Å²) >= 11 is 0. The highest BCUT2D eigenvalue weighted by atomic mass is 15.3. The first-order chi connectivity index (χ1) is 9.31. The van der Waals surface area contributed by atoms with Gasteiger partial charge in [-0.15, -0.1) is 0 Å². The predicted octanol–water partition coefficient (Wildman–Crippen LogP) is 2.36. The van der Waals surface area contributed by atoms with E-state index in [1.165, 1.54) is 43.7 Å². The summed E-state index contributed by atoms with van der Waals surface area (Å²) in [6.45, 7) is 4.44. The molecule has 1 saturated heterocycles. The molecule has 0 amide bonds. The van der Waals surface area contributed by atoms with E-state index in [-0.39, 0.29) is 0 Å². The number of rotatable bonds is 4. The molecule has 3 rings (SSSR count). The standard InChI is InChI=1S/C15H26N4/c1-3-12-11-19(14-6-4-5-7-14)15(17-12)18-9-8-13(10-18)16-2/h11,13-14,16H,3-10H2,1-2H3. The van der Waals surface area contributed by atoms with E-state index >= 15 is 0 Å². The number of anilines is 1. The van der Waals surface area contributed by atoms with Gasteiger partial charge >= 0.3 is 0 Å². The topological polar surface area (TPSA) is 33.1 Å². The predicted molar refractivity (Wildman–Crippen MR) is 78.8 cm³/mol. The number of nitrogens with one attached hydrogen (secondary N) is 1. The lowest BCUT2D eigenvalue weighted by molar-refractivity contribution is 0.514. The lowest BCUT2D eigenvalue weighted by Gasteiger charge is -2.22. The maximum atomic E-state index is 4.89. The van der Waals surface area contributed by atoms with Crippen molar-refractivity contribution in [2.45, 2.75) is 57.5 Å². The Labute approximate surface area is 116 Å². The first-order valence-corrected chi connectivity index (χ1v) is 7.81. The van der Waals surface area contributed by atoms with Crippen LogP contribution in [0.2, 0.25) is 0 Å². The molecule has 2 aliphatic rings. The number of aryl methyl sites for hydroxylation is 1. The molecular formula is C15H26N4. The summed E-state index contributed by atoms with van der Waals surface area (Å²) in [5, 5.41) is 3.39. The quantitative estimate of drug-likeness (QED) is 0.904. The van der Waals surface area contributed by atoms with E-state index in [0.717, 1.165) is 19.5 Å². The maximum Gasteiger partial charge on any atom is 0.206 e. The van der Waals surface area contributed by atoms with Gasteiger partial charge in [0, 0.05) is 31.4 Å². The van der Waals surface area contributed by atoms with Crippen LogP contribution in [0.25, 0.3) is 0 Å². The average Bonchev–Trinajstić information content (AvgIpc) is 3.16. The maximum absolute atomic E-state index is 4.89. The van der Waals surface area contributed by atoms with Crippen molar-refractivity contribution in [1.82, 2.24) is 14.9 Å². The second-order valence-electron chi connectivity index (χ2n) is 5.95. The van der Waals surface area contributed by atoms with Crippen LogP contribution >= 0.6 is 0 Å². The molecule has 0 bridgehead atoms. The van der Waals surface area contributed by atoms with Crippen LogP contribution in [0.3, 0.4) is 0 Å². The number of nitrogens with zero attached hydrogens (tertiary/aromatic N) is 3. The third-order valence-electron chi connectivity index (χ3n) is 4.72. The minimum atomic E-state index is 0.624. The van der Waals surface area contributed by atoms with Gasteiger partial charge in [0.15, 0.2) is 0 Å². The van der Waals surface area contributed by atoms with Crippen LogP contribution in [0.15, 0.2) is 6.20 Å². The molecule has 2 fully saturated rings. The van der Waals surface area contributed by atoms with Crippen molar-refractivity contribution in [3.05, 3.63) is 11.9 Å². The molecule has 1 atom stereocenters. The Morgan fingerprint density at radius 1 is 1.32 bits per heavy atom. The van der Waals surface area contributed by atoms with Crippen LogP contribution in [-0.2, 0) is 6.42 Å². The Morgan fingerprint density at radius 3 is 2.74 bits per heavy atom. The molecule has 1 aliphatic heterocycles. The summed E-state index contributed by atoms with van der Waals surface area (Å²) in [6, 6.07) is 1.32. The van der Waals surface area contributed by atoms with Crippen molar-refractivity contribution in [3.8, 4) is 0 Å². The van der Waals surface area contributed by atoms with Gasteiger partial charge in [0.1, 0.15) is 0 Å². The van der Waals surface area contributed by atoms with Crippen LogP contribution in [0.1, 0.15) is 50.8 Å². The molecule has 1 unspecified atom stereocenters. The summed E-state index contributed by atoms with van der Waals surface area (Å²) in [6.07, 6.45) is 9.99. The zero-order valence-corrected chi connectivity index (χ0v) is 12.2. The van der Waals surface area contributed by atoms with Crippen molar-refractivity contribution in [3.63, 3.8) is 0 Å². The minimum Gasteiger partial charge on any atom is -0.341 e. The summed E-state index contributed by atoms with van der Waals surface area (Å²) in [5.74, 6) is 1.22. The largest absolute Gasteiger partial charge is 0.341 e. The number of hydrogen-bond donors (Lipinski definition) is 1. The number of imidazole rings is 1. The molecule has 4 nitrogen and oxygen atoms in total. The van der Waals surface area contributed by atoms with Crippen molar-refractivity contribution >= 4 is 5.95 Å². The van der Waals surface area contributed by atoms with Crippen molar-refractivity contribution in [2.24, 2.45) is 0 Å². The summed E-state index contributed by atoms with van der Waals surface area (Å²) in [4.78, 5) is 7.36. The fourth-order valence-electron chi connectivity index (χ4n) is 3.47. The van der Waals surface area contributed by atoms with Crippen LogP contribution in [0, 0.1) is 0 Å². The number of likely N-dealkylation sites (N-methyl/N-ethyl adjacent to an activating group) is 1. The zero-order valence-electron chi connectivity index (χ0n) is 12.2. The number of hydrogen-bond acceptors (Lipinski definition) is 3. The molecule has 4 heteroatoms. The third kappa shape index (κ3) is 2.50. The van der Waals surface area contributed by atoms with Crippen molar-refractivity contribution in [2.75, 3.05) is 25.0 Å². The van der Waals surface area contributed by atoms with Gasteiger partial charge in [0.05, 0.1) is 5.69 Å². The van der Waals surface area contributed by atoms with Crippen molar-refractivity contribution in [1.29, 1.82) is 0 Å². The van der Waals surface area contributed by atoms with E-state index in [1.807, 2.05) is 0 Å². The van der Waals surface area contributed by atoms with Gasteiger partial charge in [0.2, 0.25) is 5.95 Å². The Kier molecular flexibility index (Phi) is 3.78. The summed E-state index contributed by atoms with van der Waals surface area (Å²) < 4.78 is 2.48. The fourth-order valence-corrected chi connectivity index (χ4v) is 3.47. The summed E-state index contributed by atoms with van der Waals surface area (Å²) in [7, 11) is 2.06.